The molecule has 2 saturated heterocycles. The number of aliphatic hydroxyl groups is 7. The minimum absolute atomic E-state index is 0.0536. The van der Waals surface area contributed by atoms with E-state index in [9.17, 15) is 40.5 Å². The topological polar surface area (TPSA) is 214 Å². The number of allylic oxidation sites excluding steroid dienone is 8. The van der Waals surface area contributed by atoms with Crippen molar-refractivity contribution in [2.75, 3.05) is 33.0 Å². The maximum atomic E-state index is 13.1. The largest absolute Gasteiger partial charge is 0.457 e. The molecule has 0 spiro atoms. The van der Waals surface area contributed by atoms with Crippen molar-refractivity contribution in [1.82, 2.24) is 0 Å². The molecule has 0 aromatic carbocycles. The predicted molar refractivity (Wildman–Crippen MR) is 293 cm³/mol. The van der Waals surface area contributed by atoms with Crippen LogP contribution in [0.5, 0.6) is 0 Å². The SMILES string of the molecule is CCCCCC/C=C\C/C=C\CCCCCCCCOCC(COC1OC(COC2OC(CO)C(O)C(O)C2O)C(O)C(O)C1O)OC(=O)CCCCCCCCCCCCC/C=C\C/C=C\CCCCCCC. The Morgan fingerprint density at radius 3 is 1.31 bits per heavy atom. The van der Waals surface area contributed by atoms with Crippen LogP contribution in [0.2, 0.25) is 0 Å². The fraction of sp³-hybridized carbons (Fsp3) is 0.850. The third-order valence-electron chi connectivity index (χ3n) is 14.1. The van der Waals surface area contributed by atoms with Crippen LogP contribution in [-0.2, 0) is 33.2 Å². The van der Waals surface area contributed by atoms with Crippen LogP contribution in [0.25, 0.3) is 0 Å². The second-order valence-corrected chi connectivity index (χ2v) is 20.8. The minimum atomic E-state index is -1.71. The summed E-state index contributed by atoms with van der Waals surface area (Å²) in [4.78, 5) is 13.1. The Labute approximate surface area is 448 Å². The molecule has 2 heterocycles. The van der Waals surface area contributed by atoms with Gasteiger partial charge in [0.25, 0.3) is 0 Å². The van der Waals surface area contributed by atoms with E-state index < -0.39 is 80.7 Å². The van der Waals surface area contributed by atoms with Gasteiger partial charge in [-0.25, -0.2) is 0 Å². The number of esters is 1. The van der Waals surface area contributed by atoms with Crippen LogP contribution in [0.15, 0.2) is 48.6 Å². The molecule has 0 bridgehead atoms. The predicted octanol–water partition coefficient (Wildman–Crippen LogP) is 10.7. The van der Waals surface area contributed by atoms with Crippen LogP contribution in [-0.4, -0.2) is 142 Å². The molecule has 11 atom stereocenters. The third kappa shape index (κ3) is 33.3. The third-order valence-corrected chi connectivity index (χ3v) is 14.1. The number of hydrogen-bond acceptors (Lipinski definition) is 14. The highest BCUT2D eigenvalue weighted by Gasteiger charge is 2.47. The molecule has 0 saturated carbocycles. The van der Waals surface area contributed by atoms with Gasteiger partial charge >= 0.3 is 5.97 Å². The lowest BCUT2D eigenvalue weighted by Gasteiger charge is -2.42. The first kappa shape index (κ1) is 68.1. The highest BCUT2D eigenvalue weighted by atomic mass is 16.7. The Bertz CT molecular complexity index is 1410. The summed E-state index contributed by atoms with van der Waals surface area (Å²) in [6, 6.07) is 0. The van der Waals surface area contributed by atoms with Crippen molar-refractivity contribution in [2.45, 2.75) is 293 Å². The molecule has 0 aromatic rings. The second-order valence-electron chi connectivity index (χ2n) is 20.8. The van der Waals surface area contributed by atoms with Crippen LogP contribution in [0, 0.1) is 0 Å². The Hall–Kier alpha value is -2.05. The monoisotopic (exact) mass is 1050 g/mol. The molecule has 0 amide bonds. The number of ether oxygens (including phenoxy) is 6. The van der Waals surface area contributed by atoms with Gasteiger partial charge in [0.05, 0.1) is 26.4 Å². The molecular formula is C60H108O14. The van der Waals surface area contributed by atoms with Gasteiger partial charge in [0.15, 0.2) is 12.6 Å². The van der Waals surface area contributed by atoms with Gasteiger partial charge in [-0.2, -0.15) is 0 Å². The van der Waals surface area contributed by atoms with Crippen molar-refractivity contribution in [3.8, 4) is 0 Å². The Morgan fingerprint density at radius 1 is 0.446 bits per heavy atom. The number of carbonyl (C=O) groups excluding carboxylic acids is 1. The summed E-state index contributed by atoms with van der Waals surface area (Å²) < 4.78 is 34.4. The van der Waals surface area contributed by atoms with Crippen molar-refractivity contribution in [3.63, 3.8) is 0 Å². The van der Waals surface area contributed by atoms with Crippen LogP contribution < -0.4 is 0 Å². The lowest BCUT2D eigenvalue weighted by atomic mass is 9.98. The van der Waals surface area contributed by atoms with Crippen molar-refractivity contribution < 1.29 is 69.0 Å². The van der Waals surface area contributed by atoms with Gasteiger partial charge in [0, 0.05) is 13.0 Å². The van der Waals surface area contributed by atoms with Crippen molar-refractivity contribution >= 4 is 5.97 Å². The summed E-state index contributed by atoms with van der Waals surface area (Å²) in [5, 5.41) is 72.4. The van der Waals surface area contributed by atoms with Gasteiger partial charge in [0.1, 0.15) is 54.9 Å². The molecule has 14 heteroatoms. The molecule has 7 N–H and O–H groups in total. The zero-order chi connectivity index (χ0) is 53.7. The molecule has 2 aliphatic rings. The quantitative estimate of drug-likeness (QED) is 0.0172. The fourth-order valence-corrected chi connectivity index (χ4v) is 9.23. The zero-order valence-electron chi connectivity index (χ0n) is 46.3. The average Bonchev–Trinajstić information content (AvgIpc) is 3.40. The van der Waals surface area contributed by atoms with Gasteiger partial charge in [-0.1, -0.05) is 191 Å². The van der Waals surface area contributed by atoms with Gasteiger partial charge in [-0.15, -0.1) is 0 Å². The minimum Gasteiger partial charge on any atom is -0.457 e. The maximum Gasteiger partial charge on any atom is 0.306 e. The molecule has 2 aliphatic heterocycles. The molecule has 2 fully saturated rings. The molecule has 0 aromatic heterocycles. The van der Waals surface area contributed by atoms with E-state index in [1.165, 1.54) is 135 Å². The van der Waals surface area contributed by atoms with E-state index in [1.54, 1.807) is 0 Å². The molecule has 74 heavy (non-hydrogen) atoms. The number of carbonyl (C=O) groups is 1. The van der Waals surface area contributed by atoms with Gasteiger partial charge in [-0.05, 0) is 77.0 Å². The van der Waals surface area contributed by atoms with E-state index >= 15 is 0 Å². The first-order valence-electron chi connectivity index (χ1n) is 29.7. The lowest BCUT2D eigenvalue weighted by Crippen LogP contribution is -2.61. The van der Waals surface area contributed by atoms with Gasteiger partial charge < -0.3 is 64.2 Å². The Morgan fingerprint density at radius 2 is 0.838 bits per heavy atom. The summed E-state index contributed by atoms with van der Waals surface area (Å²) >= 11 is 0. The molecule has 11 unspecified atom stereocenters. The van der Waals surface area contributed by atoms with E-state index in [1.807, 2.05) is 0 Å². The second kappa shape index (κ2) is 47.0. The van der Waals surface area contributed by atoms with Crippen molar-refractivity contribution in [2.24, 2.45) is 0 Å². The van der Waals surface area contributed by atoms with Crippen molar-refractivity contribution in [1.29, 1.82) is 0 Å². The smallest absolute Gasteiger partial charge is 0.306 e. The van der Waals surface area contributed by atoms with E-state index in [-0.39, 0.29) is 25.6 Å². The molecule has 2 rings (SSSR count). The first-order valence-corrected chi connectivity index (χ1v) is 29.7. The van der Waals surface area contributed by atoms with E-state index in [2.05, 4.69) is 62.5 Å². The van der Waals surface area contributed by atoms with Crippen LogP contribution in [0.4, 0.5) is 0 Å². The molecular weight excluding hydrogens is 945 g/mol. The van der Waals surface area contributed by atoms with E-state index in [0.29, 0.717) is 13.0 Å². The van der Waals surface area contributed by atoms with E-state index in [0.717, 1.165) is 64.2 Å². The highest BCUT2D eigenvalue weighted by molar-refractivity contribution is 5.69. The van der Waals surface area contributed by atoms with E-state index in [4.69, 9.17) is 28.4 Å². The molecule has 0 radical (unpaired) electrons. The summed E-state index contributed by atoms with van der Waals surface area (Å²) in [5.74, 6) is -0.381. The Kier molecular flexibility index (Phi) is 43.2. The van der Waals surface area contributed by atoms with Crippen LogP contribution >= 0.6 is 0 Å². The average molecular weight is 1050 g/mol. The molecule has 0 aliphatic carbocycles. The molecule has 432 valence electrons. The number of hydrogen-bond donors (Lipinski definition) is 7. The highest BCUT2D eigenvalue weighted by Crippen LogP contribution is 2.27. The van der Waals surface area contributed by atoms with Gasteiger partial charge in [-0.3, -0.25) is 4.79 Å². The summed E-state index contributed by atoms with van der Waals surface area (Å²) in [5.41, 5.74) is 0. The zero-order valence-corrected chi connectivity index (χ0v) is 46.3. The van der Waals surface area contributed by atoms with Crippen molar-refractivity contribution in [3.05, 3.63) is 48.6 Å². The van der Waals surface area contributed by atoms with Crippen LogP contribution in [0.1, 0.15) is 226 Å². The number of aliphatic hydroxyl groups excluding tert-OH is 7. The Balaban J connectivity index is 1.71. The summed E-state index contributed by atoms with van der Waals surface area (Å²) in [6.07, 6.45) is 40.2. The summed E-state index contributed by atoms with van der Waals surface area (Å²) in [7, 11) is 0. The standard InChI is InChI=1S/C60H108O14/c1-3-5-7-9-11-13-15-17-19-21-22-23-24-25-26-27-29-31-33-35-37-39-41-43-52(62)72-49(46-69-44-42-40-38-36-34-32-30-28-20-18-16-14-12-10-8-6-4-2)47-70-59-58(68)56(66)54(64)51(74-59)48-71-60-57(67)55(65)53(63)50(45-61)73-60/h14-17,20-22,28,49-51,53-61,63-68H,3-13,18-19,23-27,29-48H2,1-2H3/b16-14-,17-15-,22-21-,28-20-. The van der Waals surface area contributed by atoms with Crippen LogP contribution in [0.3, 0.4) is 0 Å². The maximum absolute atomic E-state index is 13.1. The number of rotatable bonds is 48. The lowest BCUT2D eigenvalue weighted by molar-refractivity contribution is -0.332. The fourth-order valence-electron chi connectivity index (χ4n) is 9.23. The normalized spacial score (nSPS) is 25.1. The van der Waals surface area contributed by atoms with Gasteiger partial charge in [0.2, 0.25) is 0 Å². The molecule has 14 nitrogen and oxygen atoms in total. The number of unbranched alkanes of at least 4 members (excludes halogenated alkanes) is 26. The summed E-state index contributed by atoms with van der Waals surface area (Å²) in [6.45, 7) is 3.66. The first-order chi connectivity index (χ1) is 36.1.